The molecule has 2 aromatic rings. The Morgan fingerprint density at radius 1 is 0.966 bits per heavy atom. The molecule has 0 spiro atoms. The Labute approximate surface area is 176 Å². The van der Waals surface area contributed by atoms with Crippen molar-refractivity contribution >= 4 is 0 Å². The normalized spacial score (nSPS) is 18.0. The predicted octanol–water partition coefficient (Wildman–Crippen LogP) is 5.93. The van der Waals surface area contributed by atoms with Gasteiger partial charge in [0.1, 0.15) is 0 Å². The standard InChI is InChI=1S/C25H38N2O2/c1-4-6-13-24(14-7-5-2)19-28-25(29-20-24,18-27-17-16-26-21-27)15-12-23-10-8-22(3)9-11-23/h8-11,16-17,21H,4-7,12-15,18-20H2,1-3H3. The smallest absolute Gasteiger partial charge is 0.186 e. The largest absolute Gasteiger partial charge is 0.347 e. The molecule has 1 aliphatic rings. The van der Waals surface area contributed by atoms with Gasteiger partial charge in [0.05, 0.1) is 26.1 Å². The quantitative estimate of drug-likeness (QED) is 0.470. The highest BCUT2D eigenvalue weighted by Crippen LogP contribution is 2.40. The summed E-state index contributed by atoms with van der Waals surface area (Å²) in [6, 6.07) is 8.80. The van der Waals surface area contributed by atoms with Crippen LogP contribution in [0.5, 0.6) is 0 Å². The Kier molecular flexibility index (Phi) is 7.91. The number of ether oxygens (including phenoxy) is 2. The number of hydrogen-bond donors (Lipinski definition) is 0. The number of benzene rings is 1. The fourth-order valence-corrected chi connectivity index (χ4v) is 4.23. The fraction of sp³-hybridized carbons (Fsp3) is 0.640. The molecule has 1 saturated heterocycles. The molecule has 0 unspecified atom stereocenters. The minimum Gasteiger partial charge on any atom is -0.347 e. The van der Waals surface area contributed by atoms with Crippen LogP contribution in [0.3, 0.4) is 0 Å². The molecule has 3 rings (SSSR count). The lowest BCUT2D eigenvalue weighted by molar-refractivity contribution is -0.314. The third-order valence-corrected chi connectivity index (χ3v) is 6.30. The number of rotatable bonds is 11. The Morgan fingerprint density at radius 3 is 2.17 bits per heavy atom. The van der Waals surface area contributed by atoms with Gasteiger partial charge in [0.2, 0.25) is 0 Å². The Morgan fingerprint density at radius 2 is 1.62 bits per heavy atom. The van der Waals surface area contributed by atoms with Crippen LogP contribution in [0, 0.1) is 12.3 Å². The first-order valence-electron chi connectivity index (χ1n) is 11.4. The van der Waals surface area contributed by atoms with Gasteiger partial charge in [-0.15, -0.1) is 0 Å². The molecule has 0 amide bonds. The lowest BCUT2D eigenvalue weighted by Crippen LogP contribution is -2.52. The first kappa shape index (κ1) is 22.0. The van der Waals surface area contributed by atoms with Crippen LogP contribution >= 0.6 is 0 Å². The molecule has 2 heterocycles. The van der Waals surface area contributed by atoms with Gasteiger partial charge in [-0.25, -0.2) is 4.98 Å². The second-order valence-electron chi connectivity index (χ2n) is 8.92. The zero-order valence-corrected chi connectivity index (χ0v) is 18.5. The molecule has 0 atom stereocenters. The van der Waals surface area contributed by atoms with Crippen LogP contribution in [-0.2, 0) is 22.4 Å². The topological polar surface area (TPSA) is 36.3 Å². The van der Waals surface area contributed by atoms with E-state index < -0.39 is 5.79 Å². The maximum atomic E-state index is 6.62. The van der Waals surface area contributed by atoms with Crippen LogP contribution < -0.4 is 0 Å². The van der Waals surface area contributed by atoms with Crippen molar-refractivity contribution in [1.82, 2.24) is 9.55 Å². The van der Waals surface area contributed by atoms with E-state index in [4.69, 9.17) is 9.47 Å². The SMILES string of the molecule is CCCCC1(CCCC)COC(CCc2ccc(C)cc2)(Cn2ccnc2)OC1. The average Bonchev–Trinajstić information content (AvgIpc) is 3.25. The molecular formula is C25H38N2O2. The maximum absolute atomic E-state index is 6.62. The van der Waals surface area contributed by atoms with Crippen molar-refractivity contribution < 1.29 is 9.47 Å². The molecule has 0 N–H and O–H groups in total. The zero-order chi connectivity index (χ0) is 20.6. The number of hydrogen-bond acceptors (Lipinski definition) is 3. The first-order valence-corrected chi connectivity index (χ1v) is 11.4. The molecule has 1 aromatic carbocycles. The molecular weight excluding hydrogens is 360 g/mol. The van der Waals surface area contributed by atoms with Crippen molar-refractivity contribution in [2.75, 3.05) is 13.2 Å². The second-order valence-corrected chi connectivity index (χ2v) is 8.92. The summed E-state index contributed by atoms with van der Waals surface area (Å²) in [6.07, 6.45) is 14.8. The highest BCUT2D eigenvalue weighted by molar-refractivity contribution is 5.21. The van der Waals surface area contributed by atoms with Gasteiger partial charge in [-0.3, -0.25) is 0 Å². The Hall–Kier alpha value is -1.65. The summed E-state index contributed by atoms with van der Waals surface area (Å²) >= 11 is 0. The molecule has 0 aliphatic carbocycles. The van der Waals surface area contributed by atoms with Gasteiger partial charge in [0, 0.05) is 24.2 Å². The van der Waals surface area contributed by atoms with E-state index in [0.29, 0.717) is 6.54 Å². The van der Waals surface area contributed by atoms with Crippen LogP contribution in [0.25, 0.3) is 0 Å². The number of unbranched alkanes of at least 4 members (excludes halogenated alkanes) is 2. The fourth-order valence-electron chi connectivity index (χ4n) is 4.23. The van der Waals surface area contributed by atoms with Gasteiger partial charge in [-0.05, 0) is 31.7 Å². The van der Waals surface area contributed by atoms with E-state index in [2.05, 4.69) is 54.6 Å². The van der Waals surface area contributed by atoms with Crippen LogP contribution in [0.15, 0.2) is 43.0 Å². The summed E-state index contributed by atoms with van der Waals surface area (Å²) < 4.78 is 15.3. The molecule has 0 bridgehead atoms. The minimum atomic E-state index is -0.576. The summed E-state index contributed by atoms with van der Waals surface area (Å²) in [5.41, 5.74) is 2.80. The lowest BCUT2D eigenvalue weighted by atomic mass is 9.78. The van der Waals surface area contributed by atoms with E-state index in [1.807, 2.05) is 18.7 Å². The zero-order valence-electron chi connectivity index (χ0n) is 18.5. The molecule has 4 heteroatoms. The van der Waals surface area contributed by atoms with Crippen molar-refractivity contribution in [3.05, 3.63) is 54.1 Å². The Bertz CT molecular complexity index is 691. The number of nitrogens with zero attached hydrogens (tertiary/aromatic N) is 2. The van der Waals surface area contributed by atoms with Crippen molar-refractivity contribution in [1.29, 1.82) is 0 Å². The molecule has 0 radical (unpaired) electrons. The van der Waals surface area contributed by atoms with E-state index in [9.17, 15) is 0 Å². The van der Waals surface area contributed by atoms with Crippen molar-refractivity contribution in [2.24, 2.45) is 5.41 Å². The van der Waals surface area contributed by atoms with Gasteiger partial charge >= 0.3 is 0 Å². The van der Waals surface area contributed by atoms with Crippen molar-refractivity contribution in [3.63, 3.8) is 0 Å². The molecule has 1 aliphatic heterocycles. The molecule has 29 heavy (non-hydrogen) atoms. The molecule has 0 saturated carbocycles. The van der Waals surface area contributed by atoms with E-state index in [0.717, 1.165) is 26.1 Å². The number of imidazole rings is 1. The minimum absolute atomic E-state index is 0.175. The first-order chi connectivity index (χ1) is 14.1. The third kappa shape index (κ3) is 6.16. The summed E-state index contributed by atoms with van der Waals surface area (Å²) in [7, 11) is 0. The predicted molar refractivity (Wildman–Crippen MR) is 118 cm³/mol. The summed E-state index contributed by atoms with van der Waals surface area (Å²) in [5.74, 6) is -0.576. The Balaban J connectivity index is 1.71. The summed E-state index contributed by atoms with van der Waals surface area (Å²) in [6.45, 7) is 8.96. The van der Waals surface area contributed by atoms with Crippen molar-refractivity contribution in [2.45, 2.75) is 84.5 Å². The molecule has 4 nitrogen and oxygen atoms in total. The summed E-state index contributed by atoms with van der Waals surface area (Å²) in [5, 5.41) is 0. The van der Waals surface area contributed by atoms with Gasteiger partial charge in [-0.2, -0.15) is 0 Å². The second kappa shape index (κ2) is 10.4. The van der Waals surface area contributed by atoms with Crippen LogP contribution in [0.4, 0.5) is 0 Å². The van der Waals surface area contributed by atoms with Crippen LogP contribution in [0.1, 0.15) is 69.9 Å². The monoisotopic (exact) mass is 398 g/mol. The van der Waals surface area contributed by atoms with E-state index >= 15 is 0 Å². The molecule has 1 aromatic heterocycles. The highest BCUT2D eigenvalue weighted by Gasteiger charge is 2.44. The summed E-state index contributed by atoms with van der Waals surface area (Å²) in [4.78, 5) is 4.21. The number of aryl methyl sites for hydroxylation is 2. The molecule has 160 valence electrons. The number of aromatic nitrogens is 2. The van der Waals surface area contributed by atoms with Gasteiger partial charge in [0.25, 0.3) is 0 Å². The average molecular weight is 399 g/mol. The van der Waals surface area contributed by atoms with Crippen LogP contribution in [-0.4, -0.2) is 28.6 Å². The van der Waals surface area contributed by atoms with Crippen LogP contribution in [0.2, 0.25) is 0 Å². The maximum Gasteiger partial charge on any atom is 0.186 e. The van der Waals surface area contributed by atoms with Gasteiger partial charge < -0.3 is 14.0 Å². The van der Waals surface area contributed by atoms with E-state index in [1.54, 1.807) is 0 Å². The molecule has 1 fully saturated rings. The van der Waals surface area contributed by atoms with Gasteiger partial charge in [0.15, 0.2) is 5.79 Å². The van der Waals surface area contributed by atoms with Gasteiger partial charge in [-0.1, -0.05) is 69.4 Å². The van der Waals surface area contributed by atoms with E-state index in [1.165, 1.54) is 49.7 Å². The van der Waals surface area contributed by atoms with Crippen molar-refractivity contribution in [3.8, 4) is 0 Å². The third-order valence-electron chi connectivity index (χ3n) is 6.30. The lowest BCUT2D eigenvalue weighted by Gasteiger charge is -2.47. The highest BCUT2D eigenvalue weighted by atomic mass is 16.7. The van der Waals surface area contributed by atoms with E-state index in [-0.39, 0.29) is 5.41 Å².